The highest BCUT2D eigenvalue weighted by Gasteiger charge is 2.06. The lowest BCUT2D eigenvalue weighted by Crippen LogP contribution is -1.98. The van der Waals surface area contributed by atoms with Gasteiger partial charge < -0.3 is 0 Å². The van der Waals surface area contributed by atoms with E-state index in [0.29, 0.717) is 5.92 Å². The van der Waals surface area contributed by atoms with Crippen LogP contribution in [0.1, 0.15) is 54.0 Å². The van der Waals surface area contributed by atoms with Gasteiger partial charge in [-0.05, 0) is 52.6 Å². The maximum atomic E-state index is 14.0. The largest absolute Gasteiger partial charge is 0.207 e. The minimum absolute atomic E-state index is 0.107. The summed E-state index contributed by atoms with van der Waals surface area (Å²) >= 11 is 0. The topological polar surface area (TPSA) is 0 Å². The van der Waals surface area contributed by atoms with Crippen LogP contribution in [0.4, 0.5) is 4.39 Å². The highest BCUT2D eigenvalue weighted by atomic mass is 19.1. The standard InChI is InChI=1S/C26H27F/c1-3-7-25-17-16-23(19-26(25)27)15-12-21-10-13-22(14-11-21)18-20(2)24-8-5-4-6-9-24/h4-6,8-17,19-20H,3,7,18H2,1-2H3/b15-12+. The van der Waals surface area contributed by atoms with Gasteiger partial charge in [0.2, 0.25) is 0 Å². The first kappa shape index (κ1) is 19.1. The van der Waals surface area contributed by atoms with Gasteiger partial charge in [-0.15, -0.1) is 0 Å². The van der Waals surface area contributed by atoms with Gasteiger partial charge in [-0.1, -0.05) is 99.2 Å². The van der Waals surface area contributed by atoms with Crippen LogP contribution in [-0.4, -0.2) is 0 Å². The van der Waals surface area contributed by atoms with Crippen LogP contribution in [0.5, 0.6) is 0 Å². The molecule has 3 rings (SSSR count). The number of benzene rings is 3. The normalized spacial score (nSPS) is 12.4. The molecule has 0 radical (unpaired) electrons. The van der Waals surface area contributed by atoms with E-state index >= 15 is 0 Å². The molecule has 0 bridgehead atoms. The van der Waals surface area contributed by atoms with E-state index in [-0.39, 0.29) is 5.82 Å². The molecule has 1 atom stereocenters. The Hall–Kier alpha value is -2.67. The SMILES string of the molecule is CCCc1ccc(/C=C/c2ccc(CC(C)c3ccccc3)cc2)cc1F. The lowest BCUT2D eigenvalue weighted by molar-refractivity contribution is 0.607. The number of hydrogen-bond donors (Lipinski definition) is 0. The van der Waals surface area contributed by atoms with Gasteiger partial charge in [0.25, 0.3) is 0 Å². The van der Waals surface area contributed by atoms with E-state index in [1.54, 1.807) is 6.07 Å². The zero-order valence-corrected chi connectivity index (χ0v) is 16.2. The smallest absolute Gasteiger partial charge is 0.126 e. The Morgan fingerprint density at radius 2 is 1.52 bits per heavy atom. The summed E-state index contributed by atoms with van der Waals surface area (Å²) in [5.41, 5.74) is 5.53. The second kappa shape index (κ2) is 9.32. The maximum absolute atomic E-state index is 14.0. The molecule has 27 heavy (non-hydrogen) atoms. The van der Waals surface area contributed by atoms with Gasteiger partial charge >= 0.3 is 0 Å². The molecule has 0 heterocycles. The molecule has 1 unspecified atom stereocenters. The van der Waals surface area contributed by atoms with Gasteiger partial charge in [-0.2, -0.15) is 0 Å². The van der Waals surface area contributed by atoms with Gasteiger partial charge in [-0.3, -0.25) is 0 Å². The van der Waals surface area contributed by atoms with Crippen LogP contribution in [0, 0.1) is 5.82 Å². The molecule has 3 aromatic rings. The van der Waals surface area contributed by atoms with Crippen LogP contribution in [0.3, 0.4) is 0 Å². The van der Waals surface area contributed by atoms with E-state index in [9.17, 15) is 4.39 Å². The van der Waals surface area contributed by atoms with E-state index in [2.05, 4.69) is 68.4 Å². The minimum Gasteiger partial charge on any atom is -0.207 e. The van der Waals surface area contributed by atoms with Crippen molar-refractivity contribution in [1.82, 2.24) is 0 Å². The Labute approximate surface area is 162 Å². The molecule has 0 aliphatic rings. The monoisotopic (exact) mass is 358 g/mol. The van der Waals surface area contributed by atoms with E-state index < -0.39 is 0 Å². The highest BCUT2D eigenvalue weighted by molar-refractivity contribution is 5.69. The van der Waals surface area contributed by atoms with E-state index in [1.807, 2.05) is 24.3 Å². The zero-order valence-electron chi connectivity index (χ0n) is 16.2. The van der Waals surface area contributed by atoms with Gasteiger partial charge in [-0.25, -0.2) is 4.39 Å². The molecule has 0 saturated heterocycles. The number of rotatable bonds is 7. The molecule has 3 aromatic carbocycles. The summed E-state index contributed by atoms with van der Waals surface area (Å²) in [7, 11) is 0. The van der Waals surface area contributed by atoms with Crippen molar-refractivity contribution in [2.45, 2.75) is 39.0 Å². The molecule has 1 heteroatoms. The Balaban J connectivity index is 1.63. The molecule has 138 valence electrons. The lowest BCUT2D eigenvalue weighted by atomic mass is 9.93. The fourth-order valence-corrected chi connectivity index (χ4v) is 3.35. The molecular formula is C26H27F. The van der Waals surface area contributed by atoms with Gasteiger partial charge in [0.05, 0.1) is 0 Å². The van der Waals surface area contributed by atoms with Gasteiger partial charge in [0, 0.05) is 0 Å². The molecule has 0 aromatic heterocycles. The van der Waals surface area contributed by atoms with E-state index in [0.717, 1.165) is 36.0 Å². The zero-order chi connectivity index (χ0) is 19.1. The molecular weight excluding hydrogens is 331 g/mol. The van der Waals surface area contributed by atoms with Gasteiger partial charge in [0.1, 0.15) is 5.82 Å². The Bertz CT molecular complexity index is 876. The van der Waals surface area contributed by atoms with E-state index in [4.69, 9.17) is 0 Å². The molecule has 0 fully saturated rings. The summed E-state index contributed by atoms with van der Waals surface area (Å²) in [4.78, 5) is 0. The predicted octanol–water partition coefficient (Wildman–Crippen LogP) is 7.29. The van der Waals surface area contributed by atoms with Crippen molar-refractivity contribution in [1.29, 1.82) is 0 Å². The molecule has 0 amide bonds. The van der Waals surface area contributed by atoms with Crippen molar-refractivity contribution in [3.8, 4) is 0 Å². The summed E-state index contributed by atoms with van der Waals surface area (Å²) in [5, 5.41) is 0. The summed E-state index contributed by atoms with van der Waals surface area (Å²) in [6, 6.07) is 24.8. The molecule has 0 aliphatic carbocycles. The second-order valence-electron chi connectivity index (χ2n) is 7.19. The van der Waals surface area contributed by atoms with Crippen molar-refractivity contribution in [3.63, 3.8) is 0 Å². The highest BCUT2D eigenvalue weighted by Crippen LogP contribution is 2.21. The summed E-state index contributed by atoms with van der Waals surface area (Å²) in [6.07, 6.45) is 6.79. The Kier molecular flexibility index (Phi) is 6.59. The number of halogens is 1. The first-order valence-corrected chi connectivity index (χ1v) is 9.76. The summed E-state index contributed by atoms with van der Waals surface area (Å²) in [6.45, 7) is 4.33. The third kappa shape index (κ3) is 5.40. The van der Waals surface area contributed by atoms with Crippen molar-refractivity contribution in [2.24, 2.45) is 0 Å². The maximum Gasteiger partial charge on any atom is 0.126 e. The van der Waals surface area contributed by atoms with Crippen LogP contribution in [-0.2, 0) is 12.8 Å². The summed E-state index contributed by atoms with van der Waals surface area (Å²) < 4.78 is 14.0. The molecule has 0 spiro atoms. The lowest BCUT2D eigenvalue weighted by Gasteiger charge is -2.12. The van der Waals surface area contributed by atoms with Crippen molar-refractivity contribution >= 4 is 12.2 Å². The summed E-state index contributed by atoms with van der Waals surface area (Å²) in [5.74, 6) is 0.390. The second-order valence-corrected chi connectivity index (χ2v) is 7.19. The first-order chi connectivity index (χ1) is 13.2. The number of hydrogen-bond acceptors (Lipinski definition) is 0. The average Bonchev–Trinajstić information content (AvgIpc) is 2.70. The molecule has 0 aliphatic heterocycles. The van der Waals surface area contributed by atoms with Crippen molar-refractivity contribution in [3.05, 3.63) is 106 Å². The predicted molar refractivity (Wildman–Crippen MR) is 114 cm³/mol. The van der Waals surface area contributed by atoms with Gasteiger partial charge in [0.15, 0.2) is 0 Å². The number of aryl methyl sites for hydroxylation is 1. The van der Waals surface area contributed by atoms with E-state index in [1.165, 1.54) is 11.1 Å². The first-order valence-electron chi connectivity index (χ1n) is 9.76. The third-order valence-corrected chi connectivity index (χ3v) is 4.95. The van der Waals surface area contributed by atoms with Crippen LogP contribution in [0.25, 0.3) is 12.2 Å². The van der Waals surface area contributed by atoms with Crippen LogP contribution < -0.4 is 0 Å². The van der Waals surface area contributed by atoms with Crippen molar-refractivity contribution < 1.29 is 4.39 Å². The Morgan fingerprint density at radius 1 is 0.852 bits per heavy atom. The minimum atomic E-state index is -0.107. The fourth-order valence-electron chi connectivity index (χ4n) is 3.35. The molecule has 0 nitrogen and oxygen atoms in total. The third-order valence-electron chi connectivity index (χ3n) is 4.95. The van der Waals surface area contributed by atoms with Crippen LogP contribution >= 0.6 is 0 Å². The average molecular weight is 358 g/mol. The molecule has 0 N–H and O–H groups in total. The fraction of sp³-hybridized carbons (Fsp3) is 0.231. The molecule has 0 saturated carbocycles. The Morgan fingerprint density at radius 3 is 2.19 bits per heavy atom. The van der Waals surface area contributed by atoms with Crippen LogP contribution in [0.15, 0.2) is 72.8 Å². The quantitative estimate of drug-likeness (QED) is 0.389. The van der Waals surface area contributed by atoms with Crippen molar-refractivity contribution in [2.75, 3.05) is 0 Å². The van der Waals surface area contributed by atoms with Crippen LogP contribution in [0.2, 0.25) is 0 Å².